The number of likely N-dealkylation sites (tertiary alicyclic amines) is 1. The van der Waals surface area contributed by atoms with Gasteiger partial charge in [-0.25, -0.2) is 0 Å². The molecule has 3 rings (SSSR count). The Morgan fingerprint density at radius 3 is 2.54 bits per heavy atom. The van der Waals surface area contributed by atoms with Gasteiger partial charge in [-0.2, -0.15) is 17.4 Å². The molecule has 0 aromatic heterocycles. The van der Waals surface area contributed by atoms with Gasteiger partial charge in [0.25, 0.3) is 10.2 Å². The first-order valence-corrected chi connectivity index (χ1v) is 10.7. The van der Waals surface area contributed by atoms with E-state index in [9.17, 15) is 13.5 Å². The van der Waals surface area contributed by atoms with E-state index in [4.69, 9.17) is 4.74 Å². The lowest BCUT2D eigenvalue weighted by Gasteiger charge is -2.30. The van der Waals surface area contributed by atoms with Gasteiger partial charge < -0.3 is 9.84 Å². The van der Waals surface area contributed by atoms with Crippen LogP contribution in [0, 0.1) is 0 Å². The van der Waals surface area contributed by atoms with Gasteiger partial charge in [0.05, 0.1) is 18.8 Å². The monoisotopic (exact) mass is 383 g/mol. The topological polar surface area (TPSA) is 82.1 Å². The molecule has 0 saturated carbocycles. The Kier molecular flexibility index (Phi) is 6.65. The fraction of sp³-hybridized carbons (Fsp3) is 0.667. The molecule has 2 heterocycles. The summed E-state index contributed by atoms with van der Waals surface area (Å²) >= 11 is 0. The molecule has 2 aliphatic heterocycles. The molecule has 0 unspecified atom stereocenters. The van der Waals surface area contributed by atoms with E-state index in [1.54, 1.807) is 0 Å². The lowest BCUT2D eigenvalue weighted by molar-refractivity contribution is 0.0293. The molecule has 146 valence electrons. The van der Waals surface area contributed by atoms with Crippen LogP contribution in [-0.4, -0.2) is 74.3 Å². The Bertz CT molecular complexity index is 664. The van der Waals surface area contributed by atoms with Gasteiger partial charge >= 0.3 is 0 Å². The Morgan fingerprint density at radius 2 is 1.81 bits per heavy atom. The summed E-state index contributed by atoms with van der Waals surface area (Å²) in [5.41, 5.74) is 0.260. The minimum Gasteiger partial charge on any atom is -0.388 e. The summed E-state index contributed by atoms with van der Waals surface area (Å²) in [4.78, 5) is 2.32. The molecule has 1 aromatic rings. The minimum atomic E-state index is -3.57. The number of nitrogens with one attached hydrogen (secondary N) is 1. The van der Waals surface area contributed by atoms with E-state index >= 15 is 0 Å². The van der Waals surface area contributed by atoms with Crippen LogP contribution >= 0.6 is 0 Å². The molecule has 0 aliphatic carbocycles. The molecule has 7 nitrogen and oxygen atoms in total. The molecule has 1 atom stereocenters. The van der Waals surface area contributed by atoms with Crippen molar-refractivity contribution in [1.82, 2.24) is 13.9 Å². The molecule has 0 bridgehead atoms. The van der Waals surface area contributed by atoms with Crippen LogP contribution in [0.25, 0.3) is 0 Å². The van der Waals surface area contributed by atoms with Crippen molar-refractivity contribution in [1.29, 1.82) is 0 Å². The van der Waals surface area contributed by atoms with Crippen molar-refractivity contribution < 1.29 is 18.3 Å². The summed E-state index contributed by atoms with van der Waals surface area (Å²) in [5.74, 6) is 0. The second-order valence-electron chi connectivity index (χ2n) is 7.18. The zero-order chi connectivity index (χ0) is 18.5. The van der Waals surface area contributed by atoms with Gasteiger partial charge in [-0.05, 0) is 31.4 Å². The highest BCUT2D eigenvalue weighted by atomic mass is 32.2. The Labute approximate surface area is 156 Å². The molecule has 2 fully saturated rings. The van der Waals surface area contributed by atoms with E-state index in [1.165, 1.54) is 9.87 Å². The first-order valence-electron chi connectivity index (χ1n) is 9.28. The van der Waals surface area contributed by atoms with Gasteiger partial charge in [0.1, 0.15) is 0 Å². The van der Waals surface area contributed by atoms with Crippen LogP contribution in [0.3, 0.4) is 0 Å². The highest BCUT2D eigenvalue weighted by Gasteiger charge is 2.33. The second kappa shape index (κ2) is 8.77. The van der Waals surface area contributed by atoms with Gasteiger partial charge in [0.2, 0.25) is 0 Å². The van der Waals surface area contributed by atoms with Gasteiger partial charge in [0.15, 0.2) is 0 Å². The second-order valence-corrected chi connectivity index (χ2v) is 8.93. The molecule has 0 radical (unpaired) electrons. The number of hydrogen-bond acceptors (Lipinski definition) is 5. The Morgan fingerprint density at radius 1 is 1.08 bits per heavy atom. The van der Waals surface area contributed by atoms with E-state index in [0.717, 1.165) is 26.1 Å². The first-order chi connectivity index (χ1) is 12.5. The van der Waals surface area contributed by atoms with Crippen molar-refractivity contribution >= 4 is 10.2 Å². The average molecular weight is 384 g/mol. The molecule has 2 N–H and O–H groups in total. The van der Waals surface area contributed by atoms with Crippen molar-refractivity contribution in [2.45, 2.75) is 31.4 Å². The van der Waals surface area contributed by atoms with Crippen LogP contribution in [0.15, 0.2) is 30.3 Å². The SMILES string of the molecule is O=S(=O)(NC[C@@]1(O)CCCN(Cc2ccccc2)CC1)N1CCOCC1. The number of ether oxygens (including phenoxy) is 1. The van der Waals surface area contributed by atoms with Crippen molar-refractivity contribution in [3.05, 3.63) is 35.9 Å². The van der Waals surface area contributed by atoms with Crippen LogP contribution < -0.4 is 4.72 Å². The maximum atomic E-state index is 12.4. The largest absolute Gasteiger partial charge is 0.388 e. The molecule has 0 amide bonds. The molecule has 2 saturated heterocycles. The van der Waals surface area contributed by atoms with E-state index in [2.05, 4.69) is 21.8 Å². The van der Waals surface area contributed by atoms with Crippen molar-refractivity contribution in [3.8, 4) is 0 Å². The highest BCUT2D eigenvalue weighted by molar-refractivity contribution is 7.87. The lowest BCUT2D eigenvalue weighted by Crippen LogP contribution is -2.51. The standard InChI is InChI=1S/C18H29N3O4S/c22-18(16-19-26(23,24)21-11-13-25-14-12-21)7-4-9-20(10-8-18)15-17-5-2-1-3-6-17/h1-3,5-6,19,22H,4,7-16H2/t18-/m1/s1. The van der Waals surface area contributed by atoms with Gasteiger partial charge in [-0.1, -0.05) is 30.3 Å². The third kappa shape index (κ3) is 5.48. The molecule has 26 heavy (non-hydrogen) atoms. The number of nitrogens with zero attached hydrogens (tertiary/aromatic N) is 2. The predicted molar refractivity (Wildman–Crippen MR) is 99.8 cm³/mol. The zero-order valence-electron chi connectivity index (χ0n) is 15.1. The third-order valence-electron chi connectivity index (χ3n) is 5.15. The quantitative estimate of drug-likeness (QED) is 0.751. The smallest absolute Gasteiger partial charge is 0.279 e. The van der Waals surface area contributed by atoms with E-state index in [1.807, 2.05) is 18.2 Å². The molecular formula is C18H29N3O4S. The Balaban J connectivity index is 1.52. The van der Waals surface area contributed by atoms with Crippen molar-refractivity contribution in [3.63, 3.8) is 0 Å². The fourth-order valence-electron chi connectivity index (χ4n) is 3.52. The van der Waals surface area contributed by atoms with E-state index in [-0.39, 0.29) is 6.54 Å². The highest BCUT2D eigenvalue weighted by Crippen LogP contribution is 2.23. The average Bonchev–Trinajstić information content (AvgIpc) is 2.84. The van der Waals surface area contributed by atoms with Crippen molar-refractivity contribution in [2.24, 2.45) is 0 Å². The van der Waals surface area contributed by atoms with Crippen LogP contribution in [0.4, 0.5) is 0 Å². The van der Waals surface area contributed by atoms with Crippen LogP contribution in [-0.2, 0) is 21.5 Å². The third-order valence-corrected chi connectivity index (χ3v) is 6.71. The van der Waals surface area contributed by atoms with Crippen LogP contribution in [0.1, 0.15) is 24.8 Å². The number of aliphatic hydroxyl groups is 1. The number of rotatable bonds is 6. The summed E-state index contributed by atoms with van der Waals surface area (Å²) in [5, 5.41) is 10.9. The molecule has 1 aromatic carbocycles. The number of benzene rings is 1. The van der Waals surface area contributed by atoms with Crippen LogP contribution in [0.2, 0.25) is 0 Å². The summed E-state index contributed by atoms with van der Waals surface area (Å²) in [6.07, 6.45) is 2.01. The van der Waals surface area contributed by atoms with E-state index < -0.39 is 15.8 Å². The first kappa shape index (κ1) is 19.7. The summed E-state index contributed by atoms with van der Waals surface area (Å²) in [6, 6.07) is 10.3. The molecular weight excluding hydrogens is 354 g/mol. The number of morpholine rings is 1. The summed E-state index contributed by atoms with van der Waals surface area (Å²) < 4.78 is 34.0. The summed E-state index contributed by atoms with van der Waals surface area (Å²) in [7, 11) is -3.57. The van der Waals surface area contributed by atoms with Crippen molar-refractivity contribution in [2.75, 3.05) is 45.9 Å². The maximum absolute atomic E-state index is 12.4. The van der Waals surface area contributed by atoms with E-state index in [0.29, 0.717) is 39.1 Å². The predicted octanol–water partition coefficient (Wildman–Crippen LogP) is 0.570. The minimum absolute atomic E-state index is 0.0614. The zero-order valence-corrected chi connectivity index (χ0v) is 16.0. The van der Waals surface area contributed by atoms with Gasteiger partial charge in [0, 0.05) is 32.7 Å². The lowest BCUT2D eigenvalue weighted by atomic mass is 9.95. The molecule has 2 aliphatic rings. The fourth-order valence-corrected chi connectivity index (χ4v) is 4.78. The Hall–Kier alpha value is -1.03. The van der Waals surface area contributed by atoms with Gasteiger partial charge in [-0.3, -0.25) is 4.90 Å². The normalized spacial score (nSPS) is 26.5. The number of hydrogen-bond donors (Lipinski definition) is 2. The van der Waals surface area contributed by atoms with Gasteiger partial charge in [-0.15, -0.1) is 0 Å². The summed E-state index contributed by atoms with van der Waals surface area (Å²) in [6.45, 7) is 4.14. The molecule has 0 spiro atoms. The van der Waals surface area contributed by atoms with Crippen LogP contribution in [0.5, 0.6) is 0 Å². The maximum Gasteiger partial charge on any atom is 0.279 e. The molecule has 8 heteroatoms.